The van der Waals surface area contributed by atoms with E-state index in [1.165, 1.54) is 12.5 Å². The van der Waals surface area contributed by atoms with Gasteiger partial charge < -0.3 is 4.74 Å². The van der Waals surface area contributed by atoms with Crippen molar-refractivity contribution in [1.82, 2.24) is 0 Å². The zero-order valence-corrected chi connectivity index (χ0v) is 12.5. The number of Topliss-reactive ketones (excluding diaryl/α,β-unsaturated/α-hetero) is 1. The van der Waals surface area contributed by atoms with E-state index >= 15 is 0 Å². The van der Waals surface area contributed by atoms with E-state index in [2.05, 4.69) is 0 Å². The fraction of sp³-hybridized carbons (Fsp3) is 0.467. The monoisotopic (exact) mass is 314 g/mol. The normalized spacial score (nSPS) is 15.9. The number of ketones is 1. The average Bonchev–Trinajstić information content (AvgIpc) is 2.47. The van der Waals surface area contributed by atoms with Crippen molar-refractivity contribution < 1.29 is 14.3 Å². The number of ether oxygens (including phenoxy) is 1. The Labute approximate surface area is 128 Å². The molecule has 0 atom stereocenters. The molecule has 0 N–H and O–H groups in total. The summed E-state index contributed by atoms with van der Waals surface area (Å²) in [5, 5.41) is 0.740. The summed E-state index contributed by atoms with van der Waals surface area (Å²) in [7, 11) is 0. The molecule has 1 saturated carbocycles. The summed E-state index contributed by atoms with van der Waals surface area (Å²) in [5.74, 6) is -0.677. The highest BCUT2D eigenvalue weighted by Gasteiger charge is 2.23. The molecule has 5 heteroatoms. The van der Waals surface area contributed by atoms with E-state index in [4.69, 9.17) is 27.9 Å². The number of carbonyl (C=O) groups excluding carboxylic acids is 2. The molecule has 0 aromatic heterocycles. The van der Waals surface area contributed by atoms with Gasteiger partial charge in [-0.15, -0.1) is 0 Å². The summed E-state index contributed by atoms with van der Waals surface area (Å²) in [6.45, 7) is -0.282. The number of halogens is 2. The lowest BCUT2D eigenvalue weighted by atomic mass is 9.89. The molecule has 2 rings (SSSR count). The van der Waals surface area contributed by atoms with Crippen molar-refractivity contribution in [3.8, 4) is 0 Å². The largest absolute Gasteiger partial charge is 0.457 e. The molecule has 1 aromatic carbocycles. The molecule has 0 heterocycles. The molecular weight excluding hydrogens is 299 g/mol. The fourth-order valence-corrected chi connectivity index (χ4v) is 2.78. The second-order valence-electron chi connectivity index (χ2n) is 4.99. The molecule has 0 bridgehead atoms. The van der Waals surface area contributed by atoms with Gasteiger partial charge in [0.1, 0.15) is 0 Å². The van der Waals surface area contributed by atoms with Crippen LogP contribution in [0.2, 0.25) is 10.0 Å². The van der Waals surface area contributed by atoms with Gasteiger partial charge in [0.25, 0.3) is 0 Å². The van der Waals surface area contributed by atoms with Gasteiger partial charge in [0, 0.05) is 10.6 Å². The maximum atomic E-state index is 12.0. The van der Waals surface area contributed by atoms with Crippen molar-refractivity contribution in [2.24, 2.45) is 5.92 Å². The Morgan fingerprint density at radius 3 is 2.55 bits per heavy atom. The van der Waals surface area contributed by atoms with Crippen molar-refractivity contribution in [3.05, 3.63) is 33.8 Å². The van der Waals surface area contributed by atoms with Gasteiger partial charge in [-0.05, 0) is 31.0 Å². The lowest BCUT2D eigenvalue weighted by Gasteiger charge is -2.19. The van der Waals surface area contributed by atoms with Crippen molar-refractivity contribution in [3.63, 3.8) is 0 Å². The number of esters is 1. The van der Waals surface area contributed by atoms with Crippen LogP contribution < -0.4 is 0 Å². The van der Waals surface area contributed by atoms with E-state index in [1.807, 2.05) is 0 Å². The average molecular weight is 315 g/mol. The number of rotatable bonds is 4. The Bertz CT molecular complexity index is 508. The van der Waals surface area contributed by atoms with E-state index in [0.717, 1.165) is 25.7 Å². The van der Waals surface area contributed by atoms with Gasteiger partial charge in [-0.3, -0.25) is 9.59 Å². The Hall–Kier alpha value is -1.06. The minimum absolute atomic E-state index is 0.0635. The van der Waals surface area contributed by atoms with Crippen LogP contribution in [-0.4, -0.2) is 18.4 Å². The van der Waals surface area contributed by atoms with Gasteiger partial charge in [0.15, 0.2) is 6.61 Å². The third kappa shape index (κ3) is 3.97. The lowest BCUT2D eigenvalue weighted by Crippen LogP contribution is -2.23. The highest BCUT2D eigenvalue weighted by Crippen LogP contribution is 2.25. The molecule has 108 valence electrons. The highest BCUT2D eigenvalue weighted by atomic mass is 35.5. The first-order valence-corrected chi connectivity index (χ1v) is 7.48. The molecule has 0 unspecified atom stereocenters. The summed E-state index contributed by atoms with van der Waals surface area (Å²) >= 11 is 11.8. The molecule has 1 fully saturated rings. The third-order valence-electron chi connectivity index (χ3n) is 3.51. The predicted octanol–water partition coefficient (Wildman–Crippen LogP) is 4.30. The van der Waals surface area contributed by atoms with Crippen LogP contribution in [0.25, 0.3) is 0 Å². The summed E-state index contributed by atoms with van der Waals surface area (Å²) in [6, 6.07) is 4.65. The fourth-order valence-electron chi connectivity index (χ4n) is 2.38. The summed E-state index contributed by atoms with van der Waals surface area (Å²) in [6.07, 6.45) is 4.97. The summed E-state index contributed by atoms with van der Waals surface area (Å²) in [4.78, 5) is 23.8. The van der Waals surface area contributed by atoms with Gasteiger partial charge >= 0.3 is 5.97 Å². The maximum absolute atomic E-state index is 12.0. The van der Waals surface area contributed by atoms with E-state index < -0.39 is 0 Å². The Balaban J connectivity index is 1.91. The zero-order chi connectivity index (χ0) is 14.5. The van der Waals surface area contributed by atoms with Crippen molar-refractivity contribution in [1.29, 1.82) is 0 Å². The Kier molecular flexibility index (Phi) is 5.44. The van der Waals surface area contributed by atoms with Crippen LogP contribution >= 0.6 is 23.2 Å². The van der Waals surface area contributed by atoms with Crippen LogP contribution in [0.5, 0.6) is 0 Å². The first kappa shape index (κ1) is 15.3. The standard InChI is InChI=1S/C15H16Cl2O3/c16-11-6-7-13(17)12(8-11)14(18)9-20-15(19)10-4-2-1-3-5-10/h6-8,10H,1-5,9H2. The van der Waals surface area contributed by atoms with E-state index in [-0.39, 0.29) is 29.8 Å². The van der Waals surface area contributed by atoms with Crippen molar-refractivity contribution in [2.45, 2.75) is 32.1 Å². The van der Waals surface area contributed by atoms with Crippen LogP contribution in [0.3, 0.4) is 0 Å². The molecular formula is C15H16Cl2O3. The predicted molar refractivity (Wildman–Crippen MR) is 78.3 cm³/mol. The maximum Gasteiger partial charge on any atom is 0.309 e. The molecule has 0 spiro atoms. The minimum atomic E-state index is -0.332. The smallest absolute Gasteiger partial charge is 0.309 e. The van der Waals surface area contributed by atoms with Crippen LogP contribution in [0.15, 0.2) is 18.2 Å². The first-order valence-electron chi connectivity index (χ1n) is 6.73. The van der Waals surface area contributed by atoms with Crippen LogP contribution in [0, 0.1) is 5.92 Å². The molecule has 1 aromatic rings. The Morgan fingerprint density at radius 1 is 1.15 bits per heavy atom. The molecule has 0 radical (unpaired) electrons. The van der Waals surface area contributed by atoms with E-state index in [0.29, 0.717) is 10.0 Å². The van der Waals surface area contributed by atoms with E-state index in [1.54, 1.807) is 12.1 Å². The molecule has 3 nitrogen and oxygen atoms in total. The van der Waals surface area contributed by atoms with Gasteiger partial charge in [0.05, 0.1) is 10.9 Å². The topological polar surface area (TPSA) is 43.4 Å². The van der Waals surface area contributed by atoms with Crippen LogP contribution in [-0.2, 0) is 9.53 Å². The summed E-state index contributed by atoms with van der Waals surface area (Å²) in [5.41, 5.74) is 0.288. The highest BCUT2D eigenvalue weighted by molar-refractivity contribution is 6.36. The quantitative estimate of drug-likeness (QED) is 0.614. The second kappa shape index (κ2) is 7.09. The van der Waals surface area contributed by atoms with Gasteiger partial charge in [-0.1, -0.05) is 42.5 Å². The third-order valence-corrected chi connectivity index (χ3v) is 4.08. The Morgan fingerprint density at radius 2 is 1.85 bits per heavy atom. The van der Waals surface area contributed by atoms with Gasteiger partial charge in [-0.25, -0.2) is 0 Å². The zero-order valence-electron chi connectivity index (χ0n) is 11.0. The number of benzene rings is 1. The van der Waals surface area contributed by atoms with Gasteiger partial charge in [0.2, 0.25) is 5.78 Å². The molecule has 0 saturated heterocycles. The molecule has 20 heavy (non-hydrogen) atoms. The molecule has 1 aliphatic rings. The van der Waals surface area contributed by atoms with Crippen LogP contribution in [0.1, 0.15) is 42.5 Å². The molecule has 0 amide bonds. The molecule has 0 aliphatic heterocycles. The van der Waals surface area contributed by atoms with Crippen LogP contribution in [0.4, 0.5) is 0 Å². The SMILES string of the molecule is O=C(COC(=O)C1CCCCC1)c1cc(Cl)ccc1Cl. The van der Waals surface area contributed by atoms with E-state index in [9.17, 15) is 9.59 Å². The van der Waals surface area contributed by atoms with Crippen molar-refractivity contribution in [2.75, 3.05) is 6.61 Å². The van der Waals surface area contributed by atoms with Gasteiger partial charge in [-0.2, -0.15) is 0 Å². The second-order valence-corrected chi connectivity index (χ2v) is 5.83. The molecule has 1 aliphatic carbocycles. The first-order chi connectivity index (χ1) is 9.58. The van der Waals surface area contributed by atoms with Crippen molar-refractivity contribution >= 4 is 35.0 Å². The summed E-state index contributed by atoms with van der Waals surface area (Å²) < 4.78 is 5.10. The number of hydrogen-bond donors (Lipinski definition) is 0. The lowest BCUT2D eigenvalue weighted by molar-refractivity contribution is -0.148. The number of carbonyl (C=O) groups is 2. The minimum Gasteiger partial charge on any atom is -0.457 e. The number of hydrogen-bond acceptors (Lipinski definition) is 3.